The molecule has 204 valence electrons. The quantitative estimate of drug-likeness (QED) is 0.281. The maximum absolute atomic E-state index is 13.0. The summed E-state index contributed by atoms with van der Waals surface area (Å²) in [6.45, 7) is 2.65. The van der Waals surface area contributed by atoms with Crippen molar-refractivity contribution in [3.8, 4) is 17.6 Å². The lowest BCUT2D eigenvalue weighted by atomic mass is 9.98. The summed E-state index contributed by atoms with van der Waals surface area (Å²) in [5.74, 6) is -0.510. The number of nitriles is 1. The molecular formula is C27H22Cl2N6O5. The molecule has 13 heteroatoms. The second-order valence-electron chi connectivity index (χ2n) is 8.39. The Balaban J connectivity index is 1.44. The average molecular weight is 581 g/mol. The van der Waals surface area contributed by atoms with Crippen molar-refractivity contribution in [3.63, 3.8) is 0 Å². The highest BCUT2D eigenvalue weighted by Crippen LogP contribution is 2.39. The van der Waals surface area contributed by atoms with Crippen molar-refractivity contribution in [2.45, 2.75) is 19.9 Å². The number of rotatable bonds is 8. The van der Waals surface area contributed by atoms with Crippen LogP contribution in [0.1, 0.15) is 28.4 Å². The first-order chi connectivity index (χ1) is 19.3. The molecule has 4 rings (SSSR count). The van der Waals surface area contributed by atoms with Crippen LogP contribution in [0, 0.1) is 11.3 Å². The van der Waals surface area contributed by atoms with Crippen LogP contribution in [0.25, 0.3) is 0 Å². The predicted molar refractivity (Wildman–Crippen MR) is 147 cm³/mol. The van der Waals surface area contributed by atoms with Crippen LogP contribution in [0.5, 0.6) is 11.5 Å². The first-order valence-corrected chi connectivity index (χ1v) is 12.7. The van der Waals surface area contributed by atoms with Gasteiger partial charge in [-0.1, -0.05) is 29.3 Å². The number of anilines is 1. The predicted octanol–water partition coefficient (Wildman–Crippen LogP) is 4.94. The Morgan fingerprint density at radius 3 is 2.65 bits per heavy atom. The van der Waals surface area contributed by atoms with Gasteiger partial charge in [-0.05, 0) is 60.9 Å². The van der Waals surface area contributed by atoms with Gasteiger partial charge < -0.3 is 14.4 Å². The monoisotopic (exact) mass is 580 g/mol. The van der Waals surface area contributed by atoms with Crippen molar-refractivity contribution >= 4 is 52.5 Å². The van der Waals surface area contributed by atoms with E-state index in [2.05, 4.69) is 20.2 Å². The van der Waals surface area contributed by atoms with Gasteiger partial charge in [0.15, 0.2) is 5.75 Å². The molecule has 11 nitrogen and oxygen atoms in total. The molecule has 0 unspecified atom stereocenters. The van der Waals surface area contributed by atoms with Crippen LogP contribution in [-0.2, 0) is 22.5 Å². The number of fused-ring (bicyclic) bond motifs is 1. The minimum Gasteiger partial charge on any atom is -0.454 e. The molecule has 1 aliphatic rings. The second-order valence-corrected chi connectivity index (χ2v) is 9.20. The van der Waals surface area contributed by atoms with Gasteiger partial charge >= 0.3 is 6.09 Å². The molecule has 0 radical (unpaired) electrons. The number of nitrogens with one attached hydrogen (secondary N) is 2. The van der Waals surface area contributed by atoms with E-state index in [4.69, 9.17) is 27.9 Å². The van der Waals surface area contributed by atoms with Crippen LogP contribution < -0.4 is 15.5 Å². The number of hydrazone groups is 1. The van der Waals surface area contributed by atoms with Gasteiger partial charge in [0.25, 0.3) is 11.8 Å². The van der Waals surface area contributed by atoms with E-state index in [1.54, 1.807) is 48.5 Å². The molecular weight excluding hydrogens is 559 g/mol. The van der Waals surface area contributed by atoms with Gasteiger partial charge in [0.1, 0.15) is 11.8 Å². The summed E-state index contributed by atoms with van der Waals surface area (Å²) in [6, 6.07) is 13.4. The summed E-state index contributed by atoms with van der Waals surface area (Å²) < 4.78 is 10.5. The van der Waals surface area contributed by atoms with E-state index >= 15 is 0 Å². The van der Waals surface area contributed by atoms with E-state index in [1.165, 1.54) is 12.1 Å². The van der Waals surface area contributed by atoms with Crippen LogP contribution in [-0.4, -0.2) is 46.7 Å². The Morgan fingerprint density at radius 2 is 1.98 bits per heavy atom. The number of benzene rings is 2. The van der Waals surface area contributed by atoms with Crippen LogP contribution in [0.4, 0.5) is 10.5 Å². The number of halogens is 2. The molecule has 0 bridgehead atoms. The topological polar surface area (TPSA) is 146 Å². The maximum Gasteiger partial charge on any atom is 0.414 e. The van der Waals surface area contributed by atoms with E-state index in [0.29, 0.717) is 30.8 Å². The molecule has 3 aromatic rings. The fraction of sp³-hybridized carbons (Fsp3) is 0.185. The zero-order valence-electron chi connectivity index (χ0n) is 21.1. The molecule has 2 aromatic carbocycles. The standard InChI is InChI=1S/C27H22Cl2N6O5/c1-2-39-27(38)32-25(36)23(13-30)34-33-18-11-21(28)24(22(29)12-18)40-19-5-6-20-17(10-19)7-9-35(26(20)37)15-16-4-3-8-31-14-16/h3-6,8,10-12,14,33H,2,7,9,15H2,1H3,(H,32,36,38). The summed E-state index contributed by atoms with van der Waals surface area (Å²) in [5.41, 5.74) is 4.53. The molecule has 0 spiro atoms. The molecule has 0 fully saturated rings. The molecule has 2 N–H and O–H groups in total. The first kappa shape index (κ1) is 28.4. The third-order valence-corrected chi connectivity index (χ3v) is 6.23. The van der Waals surface area contributed by atoms with E-state index in [-0.39, 0.29) is 34.0 Å². The third kappa shape index (κ3) is 6.85. The summed E-state index contributed by atoms with van der Waals surface area (Å²) in [5, 5.41) is 15.0. The van der Waals surface area contributed by atoms with Crippen molar-refractivity contribution in [3.05, 3.63) is 81.6 Å². The highest BCUT2D eigenvalue weighted by molar-refractivity contribution is 6.47. The molecule has 1 aromatic heterocycles. The summed E-state index contributed by atoms with van der Waals surface area (Å²) in [4.78, 5) is 42.3. The highest BCUT2D eigenvalue weighted by atomic mass is 35.5. The molecule has 1 aliphatic heterocycles. The molecule has 3 amide bonds. The number of carbonyl (C=O) groups is 3. The van der Waals surface area contributed by atoms with Crippen molar-refractivity contribution in [1.29, 1.82) is 5.26 Å². The number of imide groups is 1. The molecule has 0 atom stereocenters. The Bertz CT molecular complexity index is 1500. The Morgan fingerprint density at radius 1 is 1.20 bits per heavy atom. The zero-order valence-corrected chi connectivity index (χ0v) is 22.6. The van der Waals surface area contributed by atoms with Crippen LogP contribution >= 0.6 is 23.2 Å². The van der Waals surface area contributed by atoms with Crippen LogP contribution in [0.2, 0.25) is 10.0 Å². The normalized spacial score (nSPS) is 12.7. The maximum atomic E-state index is 13.0. The summed E-state index contributed by atoms with van der Waals surface area (Å²) in [7, 11) is 0. The van der Waals surface area contributed by atoms with Crippen molar-refractivity contribution in [2.75, 3.05) is 18.6 Å². The molecule has 0 saturated heterocycles. The van der Waals surface area contributed by atoms with E-state index in [1.807, 2.05) is 17.4 Å². The largest absolute Gasteiger partial charge is 0.454 e. The lowest BCUT2D eigenvalue weighted by molar-refractivity contribution is -0.114. The molecule has 0 saturated carbocycles. The number of carbonyl (C=O) groups excluding carboxylic acids is 3. The zero-order chi connectivity index (χ0) is 28.6. The fourth-order valence-electron chi connectivity index (χ4n) is 3.85. The number of ether oxygens (including phenoxy) is 2. The minimum atomic E-state index is -1.04. The van der Waals surface area contributed by atoms with Crippen molar-refractivity contribution in [1.82, 2.24) is 15.2 Å². The fourth-order valence-corrected chi connectivity index (χ4v) is 4.41. The average Bonchev–Trinajstić information content (AvgIpc) is 2.93. The highest BCUT2D eigenvalue weighted by Gasteiger charge is 2.25. The number of alkyl carbamates (subject to hydrolysis) is 1. The van der Waals surface area contributed by atoms with Gasteiger partial charge in [-0.25, -0.2) is 4.79 Å². The third-order valence-electron chi connectivity index (χ3n) is 5.67. The smallest absolute Gasteiger partial charge is 0.414 e. The number of hydrogen-bond acceptors (Lipinski definition) is 9. The van der Waals surface area contributed by atoms with Gasteiger partial charge in [-0.2, -0.15) is 10.4 Å². The van der Waals surface area contributed by atoms with Gasteiger partial charge in [0.05, 0.1) is 22.3 Å². The Labute approximate surface area is 239 Å². The lowest BCUT2D eigenvalue weighted by Gasteiger charge is -2.29. The van der Waals surface area contributed by atoms with Crippen molar-refractivity contribution in [2.24, 2.45) is 5.10 Å². The van der Waals surface area contributed by atoms with E-state index in [0.717, 1.165) is 11.1 Å². The second kappa shape index (κ2) is 12.9. The van der Waals surface area contributed by atoms with Gasteiger partial charge in [0.2, 0.25) is 5.71 Å². The van der Waals surface area contributed by atoms with Gasteiger partial charge in [-0.3, -0.25) is 25.3 Å². The number of hydrogen-bond donors (Lipinski definition) is 2. The number of amides is 3. The SMILES string of the molecule is CCOC(=O)NC(=O)C(C#N)=NNc1cc(Cl)c(Oc2ccc3c(c2)CCN(Cc2cccnc2)C3=O)c(Cl)c1. The minimum absolute atomic E-state index is 0.0524. The van der Waals surface area contributed by atoms with E-state index in [9.17, 15) is 19.6 Å². The molecule has 40 heavy (non-hydrogen) atoms. The summed E-state index contributed by atoms with van der Waals surface area (Å²) in [6.07, 6.45) is 3.07. The molecule has 0 aliphatic carbocycles. The first-order valence-electron chi connectivity index (χ1n) is 12.0. The summed E-state index contributed by atoms with van der Waals surface area (Å²) >= 11 is 12.8. The van der Waals surface area contributed by atoms with Gasteiger partial charge in [0, 0.05) is 31.0 Å². The number of pyridine rings is 1. The Hall–Kier alpha value is -4.66. The number of nitrogens with zero attached hydrogens (tertiary/aromatic N) is 4. The Kier molecular flexibility index (Phi) is 9.16. The number of aromatic nitrogens is 1. The van der Waals surface area contributed by atoms with Gasteiger partial charge in [-0.15, -0.1) is 0 Å². The van der Waals surface area contributed by atoms with E-state index < -0.39 is 17.7 Å². The van der Waals surface area contributed by atoms with Crippen LogP contribution in [0.15, 0.2) is 60.0 Å². The lowest BCUT2D eigenvalue weighted by Crippen LogP contribution is -2.37. The van der Waals surface area contributed by atoms with Crippen LogP contribution in [0.3, 0.4) is 0 Å². The molecule has 2 heterocycles. The van der Waals surface area contributed by atoms with Crippen molar-refractivity contribution < 1.29 is 23.9 Å².